The van der Waals surface area contributed by atoms with Gasteiger partial charge >= 0.3 is 0 Å². The molecule has 1 heterocycles. The average Bonchev–Trinajstić information content (AvgIpc) is 3.06. The molecule has 0 aromatic heterocycles. The fraction of sp³-hybridized carbons (Fsp3) is 0.333. The summed E-state index contributed by atoms with van der Waals surface area (Å²) in [5.74, 6) is -2.09. The van der Waals surface area contributed by atoms with E-state index in [9.17, 15) is 13.6 Å². The third-order valence-corrected chi connectivity index (χ3v) is 2.94. The van der Waals surface area contributed by atoms with Crippen molar-refractivity contribution >= 4 is 11.9 Å². The molecule has 0 radical (unpaired) electrons. The quantitative estimate of drug-likeness (QED) is 0.831. The number of hydrogen-bond acceptors (Lipinski definition) is 3. The average molecular weight is 251 g/mol. The molecule has 1 aliphatic heterocycles. The van der Waals surface area contributed by atoms with E-state index in [0.717, 1.165) is 18.9 Å². The maximum atomic E-state index is 13.6. The lowest BCUT2D eigenvalue weighted by atomic mass is 10.1. The number of benzene rings is 1. The third-order valence-electron chi connectivity index (χ3n) is 2.94. The molecule has 1 aromatic carbocycles. The Morgan fingerprint density at radius 1 is 1.33 bits per heavy atom. The molecule has 3 rings (SSSR count). The Bertz CT molecular complexity index is 540. The highest BCUT2D eigenvalue weighted by atomic mass is 19.2. The minimum absolute atomic E-state index is 0.0416. The van der Waals surface area contributed by atoms with Crippen molar-refractivity contribution in [2.45, 2.75) is 24.9 Å². The second-order valence-electron chi connectivity index (χ2n) is 4.43. The first kappa shape index (κ1) is 11.1. The highest BCUT2D eigenvalue weighted by Gasteiger charge is 2.33. The monoisotopic (exact) mass is 251 g/mol. The van der Waals surface area contributed by atoms with Crippen molar-refractivity contribution in [3.05, 3.63) is 35.4 Å². The Morgan fingerprint density at radius 3 is 2.83 bits per heavy atom. The van der Waals surface area contributed by atoms with Gasteiger partial charge in [-0.2, -0.15) is 0 Å². The number of nitrogens with one attached hydrogen (secondary N) is 2. The number of guanidine groups is 1. The van der Waals surface area contributed by atoms with Gasteiger partial charge in [-0.1, -0.05) is 12.1 Å². The first-order chi connectivity index (χ1) is 8.65. The van der Waals surface area contributed by atoms with Crippen LogP contribution in [0.15, 0.2) is 23.2 Å². The molecule has 4 nitrogen and oxygen atoms in total. The standard InChI is InChI=1S/C12H11F2N3O/c13-8-3-1-2-7(9(8)14)10-11(18)17-12(16-10)15-6-4-5-6/h1-3,6,10H,4-5H2,(H2,15,16,17,18). The van der Waals surface area contributed by atoms with Crippen molar-refractivity contribution in [3.8, 4) is 0 Å². The van der Waals surface area contributed by atoms with Gasteiger partial charge < -0.3 is 5.32 Å². The number of carbonyl (C=O) groups excluding carboxylic acids is 1. The summed E-state index contributed by atoms with van der Waals surface area (Å²) in [6, 6.07) is 3.07. The normalized spacial score (nSPS) is 22.7. The minimum Gasteiger partial charge on any atom is -0.353 e. The van der Waals surface area contributed by atoms with E-state index in [2.05, 4.69) is 15.6 Å². The second kappa shape index (κ2) is 4.04. The molecule has 6 heteroatoms. The second-order valence-corrected chi connectivity index (χ2v) is 4.43. The molecular weight excluding hydrogens is 240 g/mol. The van der Waals surface area contributed by atoms with Gasteiger partial charge in [-0.3, -0.25) is 10.1 Å². The lowest BCUT2D eigenvalue weighted by Gasteiger charge is -2.06. The van der Waals surface area contributed by atoms with E-state index in [-0.39, 0.29) is 5.56 Å². The molecule has 1 unspecified atom stereocenters. The third kappa shape index (κ3) is 1.94. The SMILES string of the molecule is O=C1NC(NC2CC2)=NC1c1cccc(F)c1F. The number of halogens is 2. The first-order valence-corrected chi connectivity index (χ1v) is 5.74. The molecular formula is C12H11F2N3O. The van der Waals surface area contributed by atoms with Gasteiger partial charge in [-0.05, 0) is 18.9 Å². The van der Waals surface area contributed by atoms with Crippen molar-refractivity contribution in [1.82, 2.24) is 10.6 Å². The van der Waals surface area contributed by atoms with E-state index in [1.165, 1.54) is 12.1 Å². The van der Waals surface area contributed by atoms with E-state index in [1.54, 1.807) is 0 Å². The van der Waals surface area contributed by atoms with Crippen LogP contribution in [0, 0.1) is 11.6 Å². The van der Waals surface area contributed by atoms with Crippen LogP contribution in [0.4, 0.5) is 8.78 Å². The number of aliphatic imine (C=N–C) groups is 1. The highest BCUT2D eigenvalue weighted by molar-refractivity contribution is 6.05. The number of carbonyl (C=O) groups is 1. The first-order valence-electron chi connectivity index (χ1n) is 5.74. The van der Waals surface area contributed by atoms with Gasteiger partial charge in [0.05, 0.1) is 0 Å². The number of amides is 1. The fourth-order valence-electron chi connectivity index (χ4n) is 1.84. The van der Waals surface area contributed by atoms with Crippen molar-refractivity contribution < 1.29 is 13.6 Å². The Morgan fingerprint density at radius 2 is 2.11 bits per heavy atom. The van der Waals surface area contributed by atoms with Crippen LogP contribution in [0.1, 0.15) is 24.4 Å². The summed E-state index contributed by atoms with van der Waals surface area (Å²) >= 11 is 0. The number of rotatable bonds is 2. The van der Waals surface area contributed by atoms with Crippen LogP contribution in [0.2, 0.25) is 0 Å². The smallest absolute Gasteiger partial charge is 0.256 e. The summed E-state index contributed by atoms with van der Waals surface area (Å²) in [7, 11) is 0. The predicted molar refractivity (Wildman–Crippen MR) is 60.8 cm³/mol. The van der Waals surface area contributed by atoms with E-state index >= 15 is 0 Å². The Kier molecular flexibility index (Phi) is 2.50. The Labute approximate surface area is 102 Å². The topological polar surface area (TPSA) is 53.5 Å². The molecule has 0 spiro atoms. The summed E-state index contributed by atoms with van der Waals surface area (Å²) in [6.07, 6.45) is 2.07. The van der Waals surface area contributed by atoms with Crippen molar-refractivity contribution in [1.29, 1.82) is 0 Å². The van der Waals surface area contributed by atoms with Crippen molar-refractivity contribution in [2.75, 3.05) is 0 Å². The Hall–Kier alpha value is -1.98. The molecule has 0 bridgehead atoms. The van der Waals surface area contributed by atoms with Crippen molar-refractivity contribution in [3.63, 3.8) is 0 Å². The van der Waals surface area contributed by atoms with Crippen LogP contribution in [-0.4, -0.2) is 17.9 Å². The van der Waals surface area contributed by atoms with Gasteiger partial charge in [0, 0.05) is 11.6 Å². The number of hydrogen-bond donors (Lipinski definition) is 2. The van der Waals surface area contributed by atoms with Crippen LogP contribution in [0.25, 0.3) is 0 Å². The molecule has 1 atom stereocenters. The lowest BCUT2D eigenvalue weighted by Crippen LogP contribution is -2.37. The largest absolute Gasteiger partial charge is 0.353 e. The van der Waals surface area contributed by atoms with Gasteiger partial charge in [-0.25, -0.2) is 13.8 Å². The van der Waals surface area contributed by atoms with E-state index in [0.29, 0.717) is 12.0 Å². The predicted octanol–water partition coefficient (Wildman–Crippen LogP) is 1.24. The molecule has 1 saturated carbocycles. The Balaban J connectivity index is 1.88. The van der Waals surface area contributed by atoms with Crippen molar-refractivity contribution in [2.24, 2.45) is 4.99 Å². The molecule has 94 valence electrons. The molecule has 1 aromatic rings. The molecule has 1 amide bonds. The highest BCUT2D eigenvalue weighted by Crippen LogP contribution is 2.26. The minimum atomic E-state index is -1.02. The summed E-state index contributed by atoms with van der Waals surface area (Å²) in [4.78, 5) is 15.8. The lowest BCUT2D eigenvalue weighted by molar-refractivity contribution is -0.120. The molecule has 2 aliphatic rings. The molecule has 2 N–H and O–H groups in total. The maximum absolute atomic E-state index is 13.6. The zero-order valence-corrected chi connectivity index (χ0v) is 9.41. The zero-order valence-electron chi connectivity index (χ0n) is 9.41. The van der Waals surface area contributed by atoms with Gasteiger partial charge in [0.2, 0.25) is 0 Å². The van der Waals surface area contributed by atoms with E-state index in [1.807, 2.05) is 0 Å². The molecule has 0 saturated heterocycles. The van der Waals surface area contributed by atoms with Crippen LogP contribution in [0.3, 0.4) is 0 Å². The number of nitrogens with zero attached hydrogens (tertiary/aromatic N) is 1. The van der Waals surface area contributed by atoms with Crippen LogP contribution in [-0.2, 0) is 4.79 Å². The molecule has 1 fully saturated rings. The zero-order chi connectivity index (χ0) is 12.7. The summed E-state index contributed by atoms with van der Waals surface area (Å²) < 4.78 is 26.7. The summed E-state index contributed by atoms with van der Waals surface area (Å²) in [6.45, 7) is 0. The molecule has 18 heavy (non-hydrogen) atoms. The van der Waals surface area contributed by atoms with Gasteiger partial charge in [0.15, 0.2) is 23.6 Å². The van der Waals surface area contributed by atoms with Crippen LogP contribution >= 0.6 is 0 Å². The van der Waals surface area contributed by atoms with Gasteiger partial charge in [0.1, 0.15) is 0 Å². The maximum Gasteiger partial charge on any atom is 0.256 e. The summed E-state index contributed by atoms with van der Waals surface area (Å²) in [5, 5.41) is 5.55. The van der Waals surface area contributed by atoms with Crippen LogP contribution in [0.5, 0.6) is 0 Å². The fourth-order valence-corrected chi connectivity index (χ4v) is 1.84. The van der Waals surface area contributed by atoms with Gasteiger partial charge in [0.25, 0.3) is 5.91 Å². The van der Waals surface area contributed by atoms with E-state index < -0.39 is 23.6 Å². The molecule has 1 aliphatic carbocycles. The van der Waals surface area contributed by atoms with Gasteiger partial charge in [-0.15, -0.1) is 0 Å². The summed E-state index contributed by atoms with van der Waals surface area (Å²) in [5.41, 5.74) is -0.0416. The van der Waals surface area contributed by atoms with Crippen LogP contribution < -0.4 is 10.6 Å². The van der Waals surface area contributed by atoms with E-state index in [4.69, 9.17) is 0 Å².